The van der Waals surface area contributed by atoms with Crippen molar-refractivity contribution in [2.24, 2.45) is 0 Å². The number of fused-ring (bicyclic) bond motifs is 2. The van der Waals surface area contributed by atoms with Crippen molar-refractivity contribution in [1.82, 2.24) is 4.90 Å². The minimum absolute atomic E-state index is 0.116. The Morgan fingerprint density at radius 1 is 1.12 bits per heavy atom. The number of ether oxygens (including phenoxy) is 1. The molecule has 2 amide bonds. The average molecular weight is 447 g/mol. The number of Topliss-reactive ketones (excluding diaryl/α,β-unsaturated/α-hetero) is 1. The van der Waals surface area contributed by atoms with Gasteiger partial charge in [-0.25, -0.2) is 0 Å². The minimum Gasteiger partial charge on any atom is -0.507 e. The van der Waals surface area contributed by atoms with Gasteiger partial charge in [0, 0.05) is 37.9 Å². The Kier molecular flexibility index (Phi) is 5.91. The summed E-state index contributed by atoms with van der Waals surface area (Å²) in [5.41, 5.74) is 0.440. The van der Waals surface area contributed by atoms with Gasteiger partial charge in [-0.15, -0.1) is 6.58 Å². The van der Waals surface area contributed by atoms with E-state index >= 15 is 0 Å². The maximum Gasteiger partial charge on any atom is 0.296 e. The lowest BCUT2D eigenvalue weighted by Crippen LogP contribution is -2.52. The number of hydrogen-bond acceptors (Lipinski definition) is 5. The maximum absolute atomic E-state index is 14.1. The fourth-order valence-electron chi connectivity index (χ4n) is 4.70. The summed E-state index contributed by atoms with van der Waals surface area (Å²) in [4.78, 5) is 43.5. The molecule has 1 unspecified atom stereocenters. The van der Waals surface area contributed by atoms with Crippen molar-refractivity contribution >= 4 is 29.0 Å². The van der Waals surface area contributed by atoms with E-state index < -0.39 is 23.1 Å². The molecule has 0 aromatic heterocycles. The topological polar surface area (TPSA) is 87.2 Å². The van der Waals surface area contributed by atoms with Crippen LogP contribution in [0.3, 0.4) is 0 Å². The first-order valence-electron chi connectivity index (χ1n) is 10.8. The number of para-hydroxylation sites is 1. The SMILES string of the molecule is C=CCN1C(=O)C2(/C(=C(/O)c3ccc(C)cc3)C(=O)C(=O)N2CCCOC)c2ccccc21. The maximum atomic E-state index is 14.1. The van der Waals surface area contributed by atoms with E-state index in [-0.39, 0.29) is 24.4 Å². The Morgan fingerprint density at radius 3 is 2.48 bits per heavy atom. The van der Waals surface area contributed by atoms with Crippen molar-refractivity contribution in [1.29, 1.82) is 0 Å². The van der Waals surface area contributed by atoms with Crippen molar-refractivity contribution in [3.8, 4) is 0 Å². The van der Waals surface area contributed by atoms with Gasteiger partial charge in [0.2, 0.25) is 0 Å². The monoisotopic (exact) mass is 446 g/mol. The molecule has 4 rings (SSSR count). The zero-order valence-electron chi connectivity index (χ0n) is 18.7. The molecule has 0 bridgehead atoms. The molecular weight excluding hydrogens is 420 g/mol. The average Bonchev–Trinajstić information content (AvgIpc) is 3.19. The summed E-state index contributed by atoms with van der Waals surface area (Å²) in [6.07, 6.45) is 2.01. The molecule has 2 aliphatic heterocycles. The zero-order chi connectivity index (χ0) is 23.8. The molecule has 1 atom stereocenters. The van der Waals surface area contributed by atoms with Crippen LogP contribution in [0.4, 0.5) is 5.69 Å². The summed E-state index contributed by atoms with van der Waals surface area (Å²) in [5, 5.41) is 11.3. The molecule has 7 nitrogen and oxygen atoms in total. The number of benzene rings is 2. The summed E-state index contributed by atoms with van der Waals surface area (Å²) in [6, 6.07) is 14.0. The summed E-state index contributed by atoms with van der Waals surface area (Å²) >= 11 is 0. The molecule has 0 saturated carbocycles. The van der Waals surface area contributed by atoms with Gasteiger partial charge in [-0.3, -0.25) is 14.4 Å². The number of aliphatic hydroxyl groups is 1. The van der Waals surface area contributed by atoms with Crippen LogP contribution >= 0.6 is 0 Å². The second-order valence-corrected chi connectivity index (χ2v) is 8.15. The number of carbonyl (C=O) groups is 3. The Hall–Kier alpha value is -3.71. The number of nitrogens with zero attached hydrogens (tertiary/aromatic N) is 2. The smallest absolute Gasteiger partial charge is 0.296 e. The number of anilines is 1. The predicted molar refractivity (Wildman–Crippen MR) is 125 cm³/mol. The van der Waals surface area contributed by atoms with Crippen molar-refractivity contribution in [2.75, 3.05) is 31.7 Å². The number of carbonyl (C=O) groups excluding carboxylic acids is 3. The Labute approximate surface area is 192 Å². The van der Waals surface area contributed by atoms with Crippen LogP contribution in [0.2, 0.25) is 0 Å². The van der Waals surface area contributed by atoms with Gasteiger partial charge in [0.15, 0.2) is 5.54 Å². The highest BCUT2D eigenvalue weighted by atomic mass is 16.5. The van der Waals surface area contributed by atoms with E-state index in [1.807, 2.05) is 6.92 Å². The van der Waals surface area contributed by atoms with Crippen molar-refractivity contribution in [3.05, 3.63) is 83.4 Å². The fourth-order valence-corrected chi connectivity index (χ4v) is 4.70. The molecule has 2 aliphatic rings. The Morgan fingerprint density at radius 2 is 1.82 bits per heavy atom. The quantitative estimate of drug-likeness (QED) is 0.232. The molecule has 1 N–H and O–H groups in total. The molecule has 2 aromatic carbocycles. The lowest BCUT2D eigenvalue weighted by Gasteiger charge is -2.34. The molecule has 170 valence electrons. The van der Waals surface area contributed by atoms with E-state index in [2.05, 4.69) is 6.58 Å². The van der Waals surface area contributed by atoms with Gasteiger partial charge in [-0.2, -0.15) is 0 Å². The molecule has 2 aromatic rings. The lowest BCUT2D eigenvalue weighted by atomic mass is 9.81. The first-order valence-corrected chi connectivity index (χ1v) is 10.8. The summed E-state index contributed by atoms with van der Waals surface area (Å²) in [5.74, 6) is -2.53. The lowest BCUT2D eigenvalue weighted by molar-refractivity contribution is -0.143. The number of aryl methyl sites for hydroxylation is 1. The second kappa shape index (κ2) is 8.67. The number of hydrogen-bond donors (Lipinski definition) is 1. The highest BCUT2D eigenvalue weighted by Crippen LogP contribution is 2.53. The number of ketones is 1. The van der Waals surface area contributed by atoms with E-state index in [4.69, 9.17) is 4.74 Å². The first-order chi connectivity index (χ1) is 15.9. The molecule has 7 heteroatoms. The third-order valence-corrected chi connectivity index (χ3v) is 6.18. The number of likely N-dealkylation sites (tertiary alicyclic amines) is 1. The largest absolute Gasteiger partial charge is 0.507 e. The van der Waals surface area contributed by atoms with Crippen LogP contribution in [0.1, 0.15) is 23.1 Å². The van der Waals surface area contributed by atoms with Gasteiger partial charge in [0.25, 0.3) is 17.6 Å². The van der Waals surface area contributed by atoms with Gasteiger partial charge in [-0.1, -0.05) is 54.1 Å². The predicted octanol–water partition coefficient (Wildman–Crippen LogP) is 3.14. The van der Waals surface area contributed by atoms with Crippen LogP contribution in [0.25, 0.3) is 5.76 Å². The zero-order valence-corrected chi connectivity index (χ0v) is 18.7. The van der Waals surface area contributed by atoms with Crippen LogP contribution in [0.5, 0.6) is 0 Å². The van der Waals surface area contributed by atoms with Crippen molar-refractivity contribution in [2.45, 2.75) is 18.9 Å². The first kappa shape index (κ1) is 22.5. The van der Waals surface area contributed by atoms with E-state index in [1.54, 1.807) is 61.7 Å². The van der Waals surface area contributed by atoms with E-state index in [1.165, 1.54) is 9.80 Å². The molecular formula is C26H26N2O5. The normalized spacial score (nSPS) is 21.2. The molecule has 1 spiro atoms. The summed E-state index contributed by atoms with van der Waals surface area (Å²) in [7, 11) is 1.54. The number of amides is 2. The molecule has 1 saturated heterocycles. The van der Waals surface area contributed by atoms with Crippen molar-refractivity contribution in [3.63, 3.8) is 0 Å². The third-order valence-electron chi connectivity index (χ3n) is 6.18. The van der Waals surface area contributed by atoms with E-state index in [0.29, 0.717) is 29.8 Å². The van der Waals surface area contributed by atoms with Crippen molar-refractivity contribution < 1.29 is 24.2 Å². The molecule has 33 heavy (non-hydrogen) atoms. The Bertz CT molecular complexity index is 1170. The summed E-state index contributed by atoms with van der Waals surface area (Å²) < 4.78 is 5.13. The van der Waals surface area contributed by atoms with Gasteiger partial charge in [0.1, 0.15) is 5.76 Å². The van der Waals surface area contributed by atoms with Crippen LogP contribution in [-0.4, -0.2) is 54.4 Å². The van der Waals surface area contributed by atoms with Gasteiger partial charge in [0.05, 0.1) is 11.3 Å². The highest BCUT2D eigenvalue weighted by molar-refractivity contribution is 6.50. The Balaban J connectivity index is 2.02. The third kappa shape index (κ3) is 3.27. The van der Waals surface area contributed by atoms with Crippen LogP contribution in [-0.2, 0) is 24.7 Å². The van der Waals surface area contributed by atoms with Gasteiger partial charge in [-0.05, 0) is 19.4 Å². The van der Waals surface area contributed by atoms with Gasteiger partial charge >= 0.3 is 0 Å². The summed E-state index contributed by atoms with van der Waals surface area (Å²) in [6.45, 7) is 6.32. The van der Waals surface area contributed by atoms with Crippen LogP contribution in [0, 0.1) is 6.92 Å². The molecule has 0 radical (unpaired) electrons. The molecule has 0 aliphatic carbocycles. The number of rotatable bonds is 7. The highest BCUT2D eigenvalue weighted by Gasteiger charge is 2.66. The standard InChI is InChI=1S/C26H26N2O5/c1-4-14-27-20-9-6-5-8-19(20)26(25(27)32)21(22(29)18-12-10-17(2)11-13-18)23(30)24(31)28(26)15-7-16-33-3/h4-6,8-13,29H,1,7,14-16H2,2-3H3/b22-21+. The molecule has 2 heterocycles. The number of methoxy groups -OCH3 is 1. The second-order valence-electron chi connectivity index (χ2n) is 8.15. The molecule has 1 fully saturated rings. The number of aliphatic hydroxyl groups excluding tert-OH is 1. The van der Waals surface area contributed by atoms with Gasteiger partial charge < -0.3 is 19.6 Å². The fraction of sp³-hybridized carbons (Fsp3) is 0.269. The van der Waals surface area contributed by atoms with E-state index in [9.17, 15) is 19.5 Å². The minimum atomic E-state index is -1.75. The van der Waals surface area contributed by atoms with Crippen LogP contribution < -0.4 is 4.90 Å². The van der Waals surface area contributed by atoms with E-state index in [0.717, 1.165) is 5.56 Å². The van der Waals surface area contributed by atoms with Crippen LogP contribution in [0.15, 0.2) is 66.8 Å².